The molecule has 1 amide bonds. The molecule has 1 N–H and O–H groups in total. The molecule has 0 spiro atoms. The minimum Gasteiger partial charge on any atom is -0.497 e. The van der Waals surface area contributed by atoms with Crippen LogP contribution in [0.15, 0.2) is 152 Å². The molecule has 0 unspecified atom stereocenters. The Bertz CT molecular complexity index is 2260. The first-order valence-electron chi connectivity index (χ1n) is 18.0. The first-order chi connectivity index (χ1) is 26.0. The number of benzene rings is 6. The monoisotopic (exact) mass is 698 g/mol. The number of nitrogens with one attached hydrogen (secondary N) is 1. The highest BCUT2D eigenvalue weighted by Gasteiger charge is 2.41. The van der Waals surface area contributed by atoms with Crippen LogP contribution in [0.4, 0.5) is 5.82 Å². The molecule has 0 radical (unpaired) electrons. The fraction of sp³-hybridized carbons (Fsp3) is 0.174. The van der Waals surface area contributed by atoms with Gasteiger partial charge in [-0.05, 0) is 64.6 Å². The van der Waals surface area contributed by atoms with E-state index in [0.29, 0.717) is 19.5 Å². The lowest BCUT2D eigenvalue weighted by Crippen LogP contribution is -2.39. The van der Waals surface area contributed by atoms with Gasteiger partial charge in [0, 0.05) is 30.1 Å². The van der Waals surface area contributed by atoms with E-state index in [9.17, 15) is 4.79 Å². The second kappa shape index (κ2) is 14.4. The molecule has 2 heterocycles. The Balaban J connectivity index is 1.35. The number of carbonyl (C=O) groups is 1. The number of hydrogen-bond acceptors (Lipinski definition) is 5. The van der Waals surface area contributed by atoms with Gasteiger partial charge in [-0.25, -0.2) is 4.68 Å². The van der Waals surface area contributed by atoms with Gasteiger partial charge in [0.25, 0.3) is 0 Å². The van der Waals surface area contributed by atoms with Crippen LogP contribution < -0.4 is 14.8 Å². The normalized spacial score (nSPS) is 13.4. The molecular weight excluding hydrogens is 657 g/mol. The first-order valence-corrected chi connectivity index (χ1v) is 18.0. The van der Waals surface area contributed by atoms with Gasteiger partial charge in [0.2, 0.25) is 5.91 Å². The van der Waals surface area contributed by atoms with Crippen molar-refractivity contribution in [3.05, 3.63) is 191 Å². The van der Waals surface area contributed by atoms with Crippen LogP contribution in [-0.2, 0) is 29.8 Å². The van der Waals surface area contributed by atoms with E-state index in [2.05, 4.69) is 114 Å². The van der Waals surface area contributed by atoms with Gasteiger partial charge < -0.3 is 19.7 Å². The molecule has 1 aliphatic heterocycles. The van der Waals surface area contributed by atoms with E-state index < -0.39 is 5.54 Å². The SMILES string of the molecule is COc1ccc(CNc2nn(C(c3ccccc3)(c3ccccc3)c3ccccc3)c3cc4c(cc23)CN([C@H](C)c2ccccc2)C(=O)C4)c(OC)c1. The van der Waals surface area contributed by atoms with E-state index in [1.807, 2.05) is 59.5 Å². The van der Waals surface area contributed by atoms with Gasteiger partial charge in [-0.15, -0.1) is 0 Å². The van der Waals surface area contributed by atoms with E-state index in [0.717, 1.165) is 67.2 Å². The molecule has 0 aliphatic carbocycles. The number of methoxy groups -OCH3 is 2. The fourth-order valence-electron chi connectivity index (χ4n) is 7.83. The molecular formula is C46H42N4O3. The quantitative estimate of drug-likeness (QED) is 0.137. The number of amides is 1. The molecule has 7 aromatic rings. The largest absolute Gasteiger partial charge is 0.497 e. The number of fused-ring (bicyclic) bond motifs is 2. The first kappa shape index (κ1) is 33.8. The third kappa shape index (κ3) is 6.08. The number of carbonyl (C=O) groups excluding carboxylic acids is 1. The Labute approximate surface area is 310 Å². The summed E-state index contributed by atoms with van der Waals surface area (Å²) in [6, 6.07) is 52.2. The summed E-state index contributed by atoms with van der Waals surface area (Å²) in [5.74, 6) is 2.32. The topological polar surface area (TPSA) is 68.6 Å². The van der Waals surface area contributed by atoms with E-state index in [1.54, 1.807) is 14.2 Å². The zero-order chi connectivity index (χ0) is 36.4. The number of hydrogen-bond donors (Lipinski definition) is 1. The van der Waals surface area contributed by atoms with Gasteiger partial charge in [-0.2, -0.15) is 5.10 Å². The molecule has 8 rings (SSSR count). The van der Waals surface area contributed by atoms with Gasteiger partial charge in [-0.1, -0.05) is 121 Å². The van der Waals surface area contributed by atoms with Crippen molar-refractivity contribution in [2.24, 2.45) is 0 Å². The molecule has 6 aromatic carbocycles. The summed E-state index contributed by atoms with van der Waals surface area (Å²) in [5, 5.41) is 10.2. The molecule has 1 atom stereocenters. The second-order valence-electron chi connectivity index (χ2n) is 13.5. The smallest absolute Gasteiger partial charge is 0.227 e. The highest BCUT2D eigenvalue weighted by atomic mass is 16.5. The lowest BCUT2D eigenvalue weighted by Gasteiger charge is -2.37. The Morgan fingerprint density at radius 2 is 1.30 bits per heavy atom. The minimum absolute atomic E-state index is 0.0581. The van der Waals surface area contributed by atoms with Gasteiger partial charge in [0.15, 0.2) is 5.82 Å². The average Bonchev–Trinajstić information content (AvgIpc) is 3.57. The van der Waals surface area contributed by atoms with Crippen LogP contribution >= 0.6 is 0 Å². The zero-order valence-electron chi connectivity index (χ0n) is 30.2. The molecule has 0 saturated heterocycles. The molecule has 7 heteroatoms. The van der Waals surface area contributed by atoms with Crippen LogP contribution in [0.5, 0.6) is 11.5 Å². The van der Waals surface area contributed by atoms with Crippen LogP contribution in [0.25, 0.3) is 10.9 Å². The summed E-state index contributed by atoms with van der Waals surface area (Å²) in [6.07, 6.45) is 0.314. The number of nitrogens with zero attached hydrogens (tertiary/aromatic N) is 3. The molecule has 0 bridgehead atoms. The van der Waals surface area contributed by atoms with Crippen molar-refractivity contribution >= 4 is 22.6 Å². The van der Waals surface area contributed by atoms with E-state index >= 15 is 0 Å². The highest BCUT2D eigenvalue weighted by Crippen LogP contribution is 2.44. The van der Waals surface area contributed by atoms with Crippen LogP contribution in [0.2, 0.25) is 0 Å². The van der Waals surface area contributed by atoms with Crippen molar-refractivity contribution in [3.63, 3.8) is 0 Å². The van der Waals surface area contributed by atoms with E-state index in [-0.39, 0.29) is 11.9 Å². The Hall–Kier alpha value is -6.34. The van der Waals surface area contributed by atoms with Gasteiger partial charge in [0.1, 0.15) is 17.0 Å². The Morgan fingerprint density at radius 1 is 0.717 bits per heavy atom. The number of aromatic nitrogens is 2. The Morgan fingerprint density at radius 3 is 1.87 bits per heavy atom. The van der Waals surface area contributed by atoms with Gasteiger partial charge >= 0.3 is 0 Å². The van der Waals surface area contributed by atoms with Crippen LogP contribution in [0.1, 0.15) is 51.9 Å². The maximum Gasteiger partial charge on any atom is 0.227 e. The third-order valence-electron chi connectivity index (χ3n) is 10.6. The second-order valence-corrected chi connectivity index (χ2v) is 13.5. The Kier molecular flexibility index (Phi) is 9.15. The summed E-state index contributed by atoms with van der Waals surface area (Å²) >= 11 is 0. The minimum atomic E-state index is -0.847. The zero-order valence-corrected chi connectivity index (χ0v) is 30.2. The van der Waals surface area contributed by atoms with Crippen molar-refractivity contribution in [3.8, 4) is 11.5 Å². The van der Waals surface area contributed by atoms with Crippen molar-refractivity contribution in [1.29, 1.82) is 0 Å². The van der Waals surface area contributed by atoms with E-state index in [1.165, 1.54) is 0 Å². The fourth-order valence-corrected chi connectivity index (χ4v) is 7.83. The van der Waals surface area contributed by atoms with Crippen LogP contribution in [0.3, 0.4) is 0 Å². The average molecular weight is 699 g/mol. The maximum absolute atomic E-state index is 13.9. The van der Waals surface area contributed by atoms with Crippen molar-refractivity contribution in [2.75, 3.05) is 19.5 Å². The summed E-state index contributed by atoms with van der Waals surface area (Å²) in [7, 11) is 3.33. The maximum atomic E-state index is 13.9. The van der Waals surface area contributed by atoms with Gasteiger partial charge in [-0.3, -0.25) is 4.79 Å². The van der Waals surface area contributed by atoms with Crippen LogP contribution in [-0.4, -0.2) is 34.8 Å². The standard InChI is InChI=1S/C46H42N4O3/c1-32(33-16-8-4-9-17-33)49-31-36-26-41-42(27-35(36)28-44(49)51)50(48-45(41)47-30-34-24-25-40(52-2)29-43(34)53-3)46(37-18-10-5-11-19-37,38-20-12-6-13-21-38)39-22-14-7-15-23-39/h4-27,29,32H,28,30-31H2,1-3H3,(H,47,48)/t32-/m1/s1. The molecule has 7 nitrogen and oxygen atoms in total. The third-order valence-corrected chi connectivity index (χ3v) is 10.6. The molecule has 1 aromatic heterocycles. The van der Waals surface area contributed by atoms with Crippen LogP contribution in [0, 0.1) is 0 Å². The molecule has 1 aliphatic rings. The molecule has 264 valence electrons. The van der Waals surface area contributed by atoms with Crippen molar-refractivity contribution < 1.29 is 14.3 Å². The predicted molar refractivity (Wildman–Crippen MR) is 210 cm³/mol. The summed E-state index contributed by atoms with van der Waals surface area (Å²) in [6.45, 7) is 3.09. The number of anilines is 1. The molecule has 53 heavy (non-hydrogen) atoms. The number of rotatable bonds is 11. The van der Waals surface area contributed by atoms with Crippen molar-refractivity contribution in [1.82, 2.24) is 14.7 Å². The van der Waals surface area contributed by atoms with Gasteiger partial charge in [0.05, 0.1) is 32.2 Å². The summed E-state index contributed by atoms with van der Waals surface area (Å²) in [4.78, 5) is 15.9. The lowest BCUT2D eigenvalue weighted by atomic mass is 9.77. The van der Waals surface area contributed by atoms with E-state index in [4.69, 9.17) is 14.6 Å². The van der Waals surface area contributed by atoms with Crippen molar-refractivity contribution in [2.45, 2.75) is 38.0 Å². The predicted octanol–water partition coefficient (Wildman–Crippen LogP) is 9.15. The lowest BCUT2D eigenvalue weighted by molar-refractivity contribution is -0.134. The molecule has 0 saturated carbocycles. The summed E-state index contributed by atoms with van der Waals surface area (Å²) < 4.78 is 13.4. The summed E-state index contributed by atoms with van der Waals surface area (Å²) in [5.41, 5.74) is 7.53. The number of ether oxygens (including phenoxy) is 2. The highest BCUT2D eigenvalue weighted by molar-refractivity contribution is 5.94. The molecule has 0 fully saturated rings.